The van der Waals surface area contributed by atoms with Gasteiger partial charge in [-0.1, -0.05) is 12.1 Å². The lowest BCUT2D eigenvalue weighted by molar-refractivity contribution is -0.138. The van der Waals surface area contributed by atoms with Crippen LogP contribution in [0.4, 0.5) is 17.6 Å². The summed E-state index contributed by atoms with van der Waals surface area (Å²) in [6.07, 6.45) is -0.893. The molecule has 29 heavy (non-hydrogen) atoms. The smallest absolute Gasteiger partial charge is 0.341 e. The molecule has 0 aliphatic rings. The normalized spacial score (nSPS) is 12.6. The highest BCUT2D eigenvalue weighted by Crippen LogP contribution is 2.28. The number of amides is 1. The minimum Gasteiger partial charge on any atom is -0.341 e. The first-order valence-electron chi connectivity index (χ1n) is 8.45. The molecular formula is C19H16F4N4O2. The summed E-state index contributed by atoms with van der Waals surface area (Å²) in [6.45, 7) is -0.620. The number of benzene rings is 1. The maximum atomic E-state index is 13.3. The number of nitrogens with one attached hydrogen (secondary N) is 1. The zero-order chi connectivity index (χ0) is 21.2. The number of aryl methyl sites for hydroxylation is 1. The number of carbonyl (C=O) groups is 1. The molecule has 1 aromatic carbocycles. The van der Waals surface area contributed by atoms with E-state index in [0.29, 0.717) is 28.2 Å². The van der Waals surface area contributed by atoms with Crippen LogP contribution >= 0.6 is 0 Å². The maximum Gasteiger partial charge on any atom is 0.417 e. The van der Waals surface area contributed by atoms with Crippen LogP contribution in [0, 0.1) is 5.82 Å². The molecule has 0 unspecified atom stereocenters. The largest absolute Gasteiger partial charge is 0.417 e. The summed E-state index contributed by atoms with van der Waals surface area (Å²) in [5, 5.41) is 2.64. The second kappa shape index (κ2) is 7.90. The van der Waals surface area contributed by atoms with Crippen LogP contribution < -0.4 is 10.9 Å². The lowest BCUT2D eigenvalue weighted by Crippen LogP contribution is -2.36. The van der Waals surface area contributed by atoms with Crippen molar-refractivity contribution in [3.05, 3.63) is 88.1 Å². The van der Waals surface area contributed by atoms with Gasteiger partial charge in [-0.15, -0.1) is 0 Å². The fourth-order valence-corrected chi connectivity index (χ4v) is 2.79. The number of halogens is 4. The number of aromatic nitrogens is 3. The van der Waals surface area contributed by atoms with Crippen LogP contribution in [-0.4, -0.2) is 20.0 Å². The van der Waals surface area contributed by atoms with E-state index in [1.807, 2.05) is 0 Å². The van der Waals surface area contributed by atoms with E-state index in [0.717, 1.165) is 6.07 Å². The lowest BCUT2D eigenvalue weighted by Gasteiger charge is -2.20. The van der Waals surface area contributed by atoms with E-state index < -0.39 is 41.6 Å². The van der Waals surface area contributed by atoms with Crippen molar-refractivity contribution in [3.63, 3.8) is 0 Å². The Morgan fingerprint density at radius 3 is 2.45 bits per heavy atom. The minimum atomic E-state index is -4.64. The molecule has 2 aromatic heterocycles. The van der Waals surface area contributed by atoms with Gasteiger partial charge in [0.1, 0.15) is 24.2 Å². The fraction of sp³-hybridized carbons (Fsp3) is 0.211. The van der Waals surface area contributed by atoms with Crippen molar-refractivity contribution in [2.45, 2.75) is 18.8 Å². The molecule has 1 amide bonds. The van der Waals surface area contributed by atoms with E-state index in [1.165, 1.54) is 30.5 Å². The summed E-state index contributed by atoms with van der Waals surface area (Å²) < 4.78 is 54.2. The van der Waals surface area contributed by atoms with E-state index in [-0.39, 0.29) is 0 Å². The number of imidazole rings is 1. The van der Waals surface area contributed by atoms with Gasteiger partial charge in [0.2, 0.25) is 5.91 Å². The number of carbonyl (C=O) groups excluding carboxylic acids is 1. The molecule has 10 heteroatoms. The van der Waals surface area contributed by atoms with Crippen molar-refractivity contribution in [1.82, 2.24) is 19.4 Å². The summed E-state index contributed by atoms with van der Waals surface area (Å²) in [5.74, 6) is -0.737. The Bertz CT molecular complexity index is 1070. The third-order valence-electron chi connectivity index (χ3n) is 4.25. The third-order valence-corrected chi connectivity index (χ3v) is 4.25. The molecule has 6 nitrogen and oxygen atoms in total. The maximum absolute atomic E-state index is 13.3. The third kappa shape index (κ3) is 4.71. The van der Waals surface area contributed by atoms with Gasteiger partial charge >= 0.3 is 6.18 Å². The van der Waals surface area contributed by atoms with Crippen LogP contribution in [-0.2, 0) is 24.6 Å². The molecule has 0 spiro atoms. The van der Waals surface area contributed by atoms with Crippen LogP contribution in [0.5, 0.6) is 0 Å². The van der Waals surface area contributed by atoms with Crippen LogP contribution in [0.15, 0.2) is 59.8 Å². The molecule has 3 aromatic rings. The van der Waals surface area contributed by atoms with Crippen molar-refractivity contribution in [2.75, 3.05) is 0 Å². The van der Waals surface area contributed by atoms with Gasteiger partial charge in [-0.2, -0.15) is 13.2 Å². The zero-order valence-corrected chi connectivity index (χ0v) is 15.2. The number of hydrogen-bond donors (Lipinski definition) is 1. The molecule has 1 N–H and O–H groups in total. The Morgan fingerprint density at radius 2 is 1.86 bits per heavy atom. The van der Waals surface area contributed by atoms with E-state index in [1.54, 1.807) is 17.8 Å². The summed E-state index contributed by atoms with van der Waals surface area (Å²) in [4.78, 5) is 28.6. The Hall–Kier alpha value is -3.43. The standard InChI is InChI=1S/C19H16F4N4O2/c1-26-9-8-24-18(26)17(12-2-5-14(20)6-3-12)25-15(28)11-27-10-13(19(21,22)23)4-7-16(27)29/h2-10,17H,11H2,1H3,(H,25,28)/t17-/m1/s1. The predicted molar refractivity (Wildman–Crippen MR) is 95.3 cm³/mol. The van der Waals surface area contributed by atoms with Crippen molar-refractivity contribution in [1.29, 1.82) is 0 Å². The average molecular weight is 408 g/mol. The summed E-state index contributed by atoms with van der Waals surface area (Å²) in [6, 6.07) is 5.99. The molecule has 0 saturated carbocycles. The molecule has 3 rings (SSSR count). The zero-order valence-electron chi connectivity index (χ0n) is 15.2. The van der Waals surface area contributed by atoms with E-state index in [2.05, 4.69) is 10.3 Å². The fourth-order valence-electron chi connectivity index (χ4n) is 2.79. The van der Waals surface area contributed by atoms with Crippen molar-refractivity contribution < 1.29 is 22.4 Å². The van der Waals surface area contributed by atoms with Crippen molar-refractivity contribution in [2.24, 2.45) is 7.05 Å². The highest BCUT2D eigenvalue weighted by molar-refractivity contribution is 5.76. The molecular weight excluding hydrogens is 392 g/mol. The van der Waals surface area contributed by atoms with Crippen molar-refractivity contribution in [3.8, 4) is 0 Å². The minimum absolute atomic E-state index is 0.432. The molecule has 152 valence electrons. The highest BCUT2D eigenvalue weighted by Gasteiger charge is 2.31. The summed E-state index contributed by atoms with van der Waals surface area (Å²) in [5.41, 5.74) is -1.27. The second-order valence-electron chi connectivity index (χ2n) is 6.33. The number of rotatable bonds is 5. The first-order valence-corrected chi connectivity index (χ1v) is 8.45. The van der Waals surface area contributed by atoms with E-state index >= 15 is 0 Å². The molecule has 0 bridgehead atoms. The van der Waals surface area contributed by atoms with Crippen LogP contribution in [0.3, 0.4) is 0 Å². The molecule has 0 aliphatic heterocycles. The first-order chi connectivity index (χ1) is 13.6. The number of pyridine rings is 1. The monoisotopic (exact) mass is 408 g/mol. The number of alkyl halides is 3. The molecule has 0 fully saturated rings. The van der Waals surface area contributed by atoms with Crippen molar-refractivity contribution >= 4 is 5.91 Å². The van der Waals surface area contributed by atoms with Gasteiger partial charge in [0.25, 0.3) is 5.56 Å². The van der Waals surface area contributed by atoms with Gasteiger partial charge in [-0.3, -0.25) is 9.59 Å². The lowest BCUT2D eigenvalue weighted by atomic mass is 10.1. The molecule has 0 radical (unpaired) electrons. The topological polar surface area (TPSA) is 68.9 Å². The Balaban J connectivity index is 1.87. The number of nitrogens with zero attached hydrogens (tertiary/aromatic N) is 3. The van der Waals surface area contributed by atoms with Gasteiger partial charge in [0.15, 0.2) is 0 Å². The van der Waals surface area contributed by atoms with Crippen LogP contribution in [0.25, 0.3) is 0 Å². The SMILES string of the molecule is Cn1ccnc1[C@H](NC(=O)Cn1cc(C(F)(F)F)ccc1=O)c1ccc(F)cc1. The average Bonchev–Trinajstić information content (AvgIpc) is 3.07. The summed E-state index contributed by atoms with van der Waals surface area (Å²) in [7, 11) is 1.70. The Labute approximate surface area is 162 Å². The predicted octanol–water partition coefficient (Wildman–Crippen LogP) is 2.65. The summed E-state index contributed by atoms with van der Waals surface area (Å²) >= 11 is 0. The molecule has 0 aliphatic carbocycles. The van der Waals surface area contributed by atoms with Gasteiger partial charge in [0.05, 0.1) is 5.56 Å². The van der Waals surface area contributed by atoms with Gasteiger partial charge in [-0.25, -0.2) is 9.37 Å². The molecule has 2 heterocycles. The quantitative estimate of drug-likeness (QED) is 0.660. The molecule has 1 atom stereocenters. The van der Waals surface area contributed by atoms with E-state index in [4.69, 9.17) is 0 Å². The van der Waals surface area contributed by atoms with Gasteiger partial charge in [-0.05, 0) is 23.8 Å². The first kappa shape index (κ1) is 20.3. The Morgan fingerprint density at radius 1 is 1.17 bits per heavy atom. The Kier molecular flexibility index (Phi) is 5.53. The highest BCUT2D eigenvalue weighted by atomic mass is 19.4. The number of hydrogen-bond acceptors (Lipinski definition) is 3. The second-order valence-corrected chi connectivity index (χ2v) is 6.33. The van der Waals surface area contributed by atoms with Crippen LogP contribution in [0.2, 0.25) is 0 Å². The van der Waals surface area contributed by atoms with Crippen LogP contribution in [0.1, 0.15) is 23.0 Å². The van der Waals surface area contributed by atoms with E-state index in [9.17, 15) is 27.2 Å². The molecule has 0 saturated heterocycles. The van der Waals surface area contributed by atoms with Gasteiger partial charge < -0.3 is 14.5 Å². The van der Waals surface area contributed by atoms with Gasteiger partial charge in [0, 0.05) is 31.7 Å².